The van der Waals surface area contributed by atoms with Crippen molar-refractivity contribution in [1.82, 2.24) is 4.72 Å². The van der Waals surface area contributed by atoms with Gasteiger partial charge in [-0.2, -0.15) is 0 Å². The van der Waals surface area contributed by atoms with Gasteiger partial charge in [0.25, 0.3) is 0 Å². The molecule has 3 aromatic rings. The second-order valence-corrected chi connectivity index (χ2v) is 9.59. The van der Waals surface area contributed by atoms with Crippen molar-refractivity contribution in [2.24, 2.45) is 0 Å². The number of rotatable bonds is 9. The van der Waals surface area contributed by atoms with Gasteiger partial charge in [0.15, 0.2) is 0 Å². The molecule has 0 radical (unpaired) electrons. The summed E-state index contributed by atoms with van der Waals surface area (Å²) in [7, 11) is -1.01. The van der Waals surface area contributed by atoms with Crippen LogP contribution in [0.5, 0.6) is 5.75 Å². The van der Waals surface area contributed by atoms with Gasteiger partial charge in [0.05, 0.1) is 24.7 Å². The van der Waals surface area contributed by atoms with Crippen molar-refractivity contribution in [1.29, 1.82) is 0 Å². The number of halogens is 1. The van der Waals surface area contributed by atoms with E-state index in [4.69, 9.17) is 21.1 Å². The van der Waals surface area contributed by atoms with Gasteiger partial charge in [0, 0.05) is 17.1 Å². The first-order valence-electron chi connectivity index (χ1n) is 10.4. The second-order valence-electron chi connectivity index (χ2n) is 7.38. The number of hydrogen-bond donors (Lipinski definition) is 1. The number of aryl methyl sites for hydroxylation is 1. The summed E-state index contributed by atoms with van der Waals surface area (Å²) in [4.78, 5) is 12.4. The van der Waals surface area contributed by atoms with Crippen LogP contribution in [0.2, 0.25) is 5.02 Å². The molecule has 0 spiro atoms. The number of esters is 1. The van der Waals surface area contributed by atoms with E-state index in [0.717, 1.165) is 24.0 Å². The summed E-state index contributed by atoms with van der Waals surface area (Å²) < 4.78 is 38.9. The second kappa shape index (κ2) is 10.8. The van der Waals surface area contributed by atoms with Crippen LogP contribution in [0.15, 0.2) is 65.6 Å². The van der Waals surface area contributed by atoms with Crippen LogP contribution in [-0.2, 0) is 27.7 Å². The zero-order chi connectivity index (χ0) is 24.0. The highest BCUT2D eigenvalue weighted by atomic mass is 35.5. The van der Waals surface area contributed by atoms with E-state index in [-0.39, 0.29) is 11.4 Å². The van der Waals surface area contributed by atoms with Crippen molar-refractivity contribution in [3.05, 3.63) is 82.4 Å². The van der Waals surface area contributed by atoms with Gasteiger partial charge in [0.1, 0.15) is 5.75 Å². The molecular weight excluding hydrogens is 462 g/mol. The summed E-state index contributed by atoms with van der Waals surface area (Å²) in [5.74, 6) is -0.117. The SMILES string of the molecule is CCCc1ccccc1-c1cc(C(=O)OC)cc(OC)c1CNS(=O)(=O)c1ccc(Cl)cc1. The highest BCUT2D eigenvalue weighted by Crippen LogP contribution is 2.35. The van der Waals surface area contributed by atoms with E-state index in [1.54, 1.807) is 12.1 Å². The number of hydrogen-bond acceptors (Lipinski definition) is 5. The minimum Gasteiger partial charge on any atom is -0.496 e. The van der Waals surface area contributed by atoms with Crippen molar-refractivity contribution >= 4 is 27.6 Å². The third-order valence-corrected chi connectivity index (χ3v) is 6.91. The van der Waals surface area contributed by atoms with Gasteiger partial charge >= 0.3 is 5.97 Å². The monoisotopic (exact) mass is 487 g/mol. The molecule has 0 heterocycles. The highest BCUT2D eigenvalue weighted by Gasteiger charge is 2.21. The van der Waals surface area contributed by atoms with E-state index in [0.29, 0.717) is 27.5 Å². The Kier molecular flexibility index (Phi) is 8.13. The first kappa shape index (κ1) is 24.8. The molecule has 8 heteroatoms. The first-order chi connectivity index (χ1) is 15.8. The first-order valence-corrected chi connectivity index (χ1v) is 12.3. The molecule has 0 amide bonds. The van der Waals surface area contributed by atoms with Gasteiger partial charge in [-0.15, -0.1) is 0 Å². The van der Waals surface area contributed by atoms with Crippen LogP contribution in [0.25, 0.3) is 11.1 Å². The average molecular weight is 488 g/mol. The van der Waals surface area contributed by atoms with Gasteiger partial charge in [0.2, 0.25) is 10.0 Å². The maximum atomic E-state index is 12.9. The molecule has 3 aromatic carbocycles. The average Bonchev–Trinajstić information content (AvgIpc) is 2.82. The molecule has 0 unspecified atom stereocenters. The lowest BCUT2D eigenvalue weighted by Gasteiger charge is -2.19. The minimum absolute atomic E-state index is 0.0363. The standard InChI is InChI=1S/C25H26ClNO5S/c1-4-7-17-8-5-6-9-21(17)22-14-18(25(28)32-3)15-24(31-2)23(22)16-27-33(29,30)20-12-10-19(26)11-13-20/h5-6,8-15,27H,4,7,16H2,1-3H3. The molecule has 0 atom stereocenters. The summed E-state index contributed by atoms with van der Waals surface area (Å²) in [6, 6.07) is 17.1. The maximum absolute atomic E-state index is 12.9. The highest BCUT2D eigenvalue weighted by molar-refractivity contribution is 7.89. The van der Waals surface area contributed by atoms with Crippen LogP contribution < -0.4 is 9.46 Å². The van der Waals surface area contributed by atoms with Crippen LogP contribution in [0, 0.1) is 0 Å². The molecule has 6 nitrogen and oxygen atoms in total. The van der Waals surface area contributed by atoms with Gasteiger partial charge in [-0.05, 0) is 59.5 Å². The fourth-order valence-electron chi connectivity index (χ4n) is 3.62. The summed E-state index contributed by atoms with van der Waals surface area (Å²) >= 11 is 5.89. The lowest BCUT2D eigenvalue weighted by Crippen LogP contribution is -2.24. The van der Waals surface area contributed by atoms with Crippen LogP contribution in [0.3, 0.4) is 0 Å². The quantitative estimate of drug-likeness (QED) is 0.418. The molecule has 0 fully saturated rings. The molecule has 0 aromatic heterocycles. The normalized spacial score (nSPS) is 11.3. The van der Waals surface area contributed by atoms with E-state index < -0.39 is 16.0 Å². The van der Waals surface area contributed by atoms with E-state index in [1.807, 2.05) is 24.3 Å². The molecule has 0 saturated carbocycles. The molecule has 0 aliphatic carbocycles. The number of nitrogens with one attached hydrogen (secondary N) is 1. The zero-order valence-electron chi connectivity index (χ0n) is 18.7. The van der Waals surface area contributed by atoms with E-state index in [2.05, 4.69) is 11.6 Å². The predicted octanol–water partition coefficient (Wildman–Crippen LogP) is 5.23. The Morgan fingerprint density at radius 2 is 1.70 bits per heavy atom. The minimum atomic E-state index is -3.81. The smallest absolute Gasteiger partial charge is 0.338 e. The number of carbonyl (C=O) groups is 1. The van der Waals surface area contributed by atoms with Crippen molar-refractivity contribution in [3.63, 3.8) is 0 Å². The lowest BCUT2D eigenvalue weighted by atomic mass is 9.91. The Labute approximate surface area is 199 Å². The van der Waals surface area contributed by atoms with Gasteiger partial charge in [-0.1, -0.05) is 49.2 Å². The van der Waals surface area contributed by atoms with Crippen LogP contribution in [0.4, 0.5) is 0 Å². The van der Waals surface area contributed by atoms with Gasteiger partial charge < -0.3 is 9.47 Å². The maximum Gasteiger partial charge on any atom is 0.338 e. The van der Waals surface area contributed by atoms with Crippen molar-refractivity contribution in [2.45, 2.75) is 31.2 Å². The molecule has 0 bridgehead atoms. The Hall–Kier alpha value is -2.87. The summed E-state index contributed by atoms with van der Waals surface area (Å²) in [6.45, 7) is 2.05. The Morgan fingerprint density at radius 3 is 2.33 bits per heavy atom. The van der Waals surface area contributed by atoms with Gasteiger partial charge in [-0.25, -0.2) is 17.9 Å². The van der Waals surface area contributed by atoms with Crippen molar-refractivity contribution < 1.29 is 22.7 Å². The summed E-state index contributed by atoms with van der Waals surface area (Å²) in [5, 5.41) is 0.448. The Balaban J connectivity index is 2.11. The fraction of sp³-hybridized carbons (Fsp3) is 0.240. The van der Waals surface area contributed by atoms with Crippen LogP contribution in [0.1, 0.15) is 34.8 Å². The summed E-state index contributed by atoms with van der Waals surface area (Å²) in [6.07, 6.45) is 1.76. The number of ether oxygens (including phenoxy) is 2. The van der Waals surface area contributed by atoms with E-state index in [1.165, 1.54) is 38.5 Å². The molecule has 1 N–H and O–H groups in total. The topological polar surface area (TPSA) is 81.7 Å². The van der Waals surface area contributed by atoms with Crippen LogP contribution >= 0.6 is 11.6 Å². The van der Waals surface area contributed by atoms with E-state index in [9.17, 15) is 13.2 Å². The van der Waals surface area contributed by atoms with Crippen molar-refractivity contribution in [2.75, 3.05) is 14.2 Å². The molecule has 0 saturated heterocycles. The predicted molar refractivity (Wildman–Crippen MR) is 129 cm³/mol. The number of sulfonamides is 1. The van der Waals surface area contributed by atoms with Crippen molar-refractivity contribution in [3.8, 4) is 16.9 Å². The Bertz CT molecular complexity index is 1240. The molecule has 33 heavy (non-hydrogen) atoms. The fourth-order valence-corrected chi connectivity index (χ4v) is 4.74. The molecule has 0 aliphatic heterocycles. The zero-order valence-corrected chi connectivity index (χ0v) is 20.3. The molecule has 0 aliphatic rings. The third kappa shape index (κ3) is 5.74. The largest absolute Gasteiger partial charge is 0.496 e. The van der Waals surface area contributed by atoms with Crippen LogP contribution in [-0.4, -0.2) is 28.6 Å². The molecular formula is C25H26ClNO5S. The lowest BCUT2D eigenvalue weighted by molar-refractivity contribution is 0.0600. The Morgan fingerprint density at radius 1 is 1.00 bits per heavy atom. The summed E-state index contributed by atoms with van der Waals surface area (Å²) in [5.41, 5.74) is 3.64. The molecule has 174 valence electrons. The number of benzene rings is 3. The molecule has 3 rings (SSSR count). The third-order valence-electron chi connectivity index (χ3n) is 5.24. The van der Waals surface area contributed by atoms with Gasteiger partial charge in [-0.3, -0.25) is 0 Å². The van der Waals surface area contributed by atoms with E-state index >= 15 is 0 Å². The number of carbonyl (C=O) groups excluding carboxylic acids is 1. The number of methoxy groups -OCH3 is 2.